The molecule has 0 radical (unpaired) electrons. The number of hydrazine groups is 1. The molecule has 160 valence electrons. The lowest BCUT2D eigenvalue weighted by atomic mass is 10.1. The zero-order valence-corrected chi connectivity index (χ0v) is 16.9. The van der Waals surface area contributed by atoms with Gasteiger partial charge in [-0.05, 0) is 50.6 Å². The highest BCUT2D eigenvalue weighted by molar-refractivity contribution is 5.95. The third kappa shape index (κ3) is 4.28. The van der Waals surface area contributed by atoms with E-state index in [0.29, 0.717) is 17.9 Å². The van der Waals surface area contributed by atoms with Crippen LogP contribution in [0.2, 0.25) is 0 Å². The average Bonchev–Trinajstić information content (AvgIpc) is 3.07. The first-order valence-electron chi connectivity index (χ1n) is 9.36. The molecular weight excluding hydrogens is 397 g/mol. The first-order chi connectivity index (χ1) is 14.0. The molecule has 3 rings (SSSR count). The summed E-state index contributed by atoms with van der Waals surface area (Å²) in [5.41, 5.74) is 1.88. The lowest BCUT2D eigenvalue weighted by Gasteiger charge is -2.33. The van der Waals surface area contributed by atoms with Crippen LogP contribution in [0.3, 0.4) is 0 Å². The third-order valence-corrected chi connectivity index (χ3v) is 4.93. The number of carbonyl (C=O) groups is 1. The largest absolute Gasteiger partial charge is 0.489 e. The molecule has 5 nitrogen and oxygen atoms in total. The number of nitrogens with zero attached hydrogens (tertiary/aromatic N) is 1. The number of rotatable bonds is 4. The van der Waals surface area contributed by atoms with Crippen LogP contribution in [0.4, 0.5) is 13.2 Å². The zero-order valence-electron chi connectivity index (χ0n) is 16.9. The highest BCUT2D eigenvalue weighted by Crippen LogP contribution is 2.42. The molecule has 1 aliphatic heterocycles. The van der Waals surface area contributed by atoms with Crippen LogP contribution in [-0.4, -0.2) is 27.9 Å². The van der Waals surface area contributed by atoms with Crippen molar-refractivity contribution >= 4 is 5.91 Å². The molecule has 30 heavy (non-hydrogen) atoms. The lowest BCUT2D eigenvalue weighted by Crippen LogP contribution is -2.59. The summed E-state index contributed by atoms with van der Waals surface area (Å²) in [5.74, 6) is -0.520. The summed E-state index contributed by atoms with van der Waals surface area (Å²) in [7, 11) is 0. The molecule has 2 aromatic carbocycles. The van der Waals surface area contributed by atoms with Crippen LogP contribution in [0.15, 0.2) is 59.8 Å². The van der Waals surface area contributed by atoms with Crippen molar-refractivity contribution < 1.29 is 27.8 Å². The van der Waals surface area contributed by atoms with E-state index in [-0.39, 0.29) is 16.3 Å². The van der Waals surface area contributed by atoms with E-state index in [4.69, 9.17) is 4.74 Å². The van der Waals surface area contributed by atoms with E-state index in [9.17, 15) is 23.1 Å². The number of alkyl halides is 3. The van der Waals surface area contributed by atoms with Crippen LogP contribution in [0, 0.1) is 6.92 Å². The highest BCUT2D eigenvalue weighted by Gasteiger charge is 2.63. The van der Waals surface area contributed by atoms with Gasteiger partial charge in [0, 0.05) is 17.7 Å². The smallest absolute Gasteiger partial charge is 0.438 e. The molecule has 1 atom stereocenters. The average molecular weight is 420 g/mol. The van der Waals surface area contributed by atoms with Crippen molar-refractivity contribution in [3.8, 4) is 5.75 Å². The van der Waals surface area contributed by atoms with Gasteiger partial charge in [0.25, 0.3) is 11.6 Å². The Hall–Kier alpha value is -3.00. The van der Waals surface area contributed by atoms with E-state index < -0.39 is 24.2 Å². The number of nitrogens with one attached hydrogen (secondary N) is 1. The van der Waals surface area contributed by atoms with Crippen molar-refractivity contribution in [2.24, 2.45) is 0 Å². The molecule has 0 aromatic heterocycles. The molecule has 0 spiro atoms. The van der Waals surface area contributed by atoms with Crippen LogP contribution in [0.5, 0.6) is 5.75 Å². The molecule has 1 aliphatic rings. The van der Waals surface area contributed by atoms with E-state index in [1.54, 1.807) is 13.8 Å². The Morgan fingerprint density at radius 3 is 2.27 bits per heavy atom. The van der Waals surface area contributed by atoms with E-state index >= 15 is 0 Å². The standard InChI is InChI=1S/C22H23F3N2O3/c1-14(2)19-12-21(29,22(23,24)25)27(26-19)20(28)17-8-10-18(11-9-17)30-13-16-6-4-15(3)5-7-16/h4-11,26,29H,12-13H2,1-3H3/t21-/m1/s1. The van der Waals surface area contributed by atoms with Crippen molar-refractivity contribution in [1.29, 1.82) is 0 Å². The number of hydrogen-bond donors (Lipinski definition) is 2. The fourth-order valence-corrected chi connectivity index (χ4v) is 3.00. The normalized spacial score (nSPS) is 18.9. The number of benzene rings is 2. The summed E-state index contributed by atoms with van der Waals surface area (Å²) < 4.78 is 46.3. The van der Waals surface area contributed by atoms with Gasteiger partial charge in [-0.1, -0.05) is 35.4 Å². The number of ether oxygens (including phenoxy) is 1. The molecule has 1 saturated heterocycles. The Balaban J connectivity index is 1.75. The van der Waals surface area contributed by atoms with Gasteiger partial charge in [-0.2, -0.15) is 13.2 Å². The van der Waals surface area contributed by atoms with Crippen molar-refractivity contribution in [3.05, 3.63) is 76.5 Å². The quantitative estimate of drug-likeness (QED) is 0.766. The Labute approximate surface area is 172 Å². The minimum atomic E-state index is -5.02. The van der Waals surface area contributed by atoms with Crippen molar-refractivity contribution in [1.82, 2.24) is 10.4 Å². The second kappa shape index (κ2) is 8.02. The maximum atomic E-state index is 13.5. The molecular formula is C22H23F3N2O3. The molecule has 2 aromatic rings. The van der Waals surface area contributed by atoms with E-state index in [1.165, 1.54) is 24.3 Å². The molecule has 1 heterocycles. The number of aliphatic hydroxyl groups is 1. The van der Waals surface area contributed by atoms with Crippen LogP contribution in [0.1, 0.15) is 41.8 Å². The van der Waals surface area contributed by atoms with Gasteiger partial charge in [-0.3, -0.25) is 10.2 Å². The minimum absolute atomic E-state index is 0.0112. The highest BCUT2D eigenvalue weighted by atomic mass is 19.4. The predicted molar refractivity (Wildman–Crippen MR) is 105 cm³/mol. The fourth-order valence-electron chi connectivity index (χ4n) is 3.00. The summed E-state index contributed by atoms with van der Waals surface area (Å²) in [6, 6.07) is 13.5. The topological polar surface area (TPSA) is 61.8 Å². The third-order valence-electron chi connectivity index (χ3n) is 4.93. The lowest BCUT2D eigenvalue weighted by molar-refractivity contribution is -0.299. The van der Waals surface area contributed by atoms with E-state index in [0.717, 1.165) is 11.1 Å². The molecule has 0 unspecified atom stereocenters. The Bertz CT molecular complexity index is 949. The Morgan fingerprint density at radius 2 is 1.73 bits per heavy atom. The zero-order chi connectivity index (χ0) is 22.1. The SMILES string of the molecule is CC(C)=C1C[C@@](O)(C(F)(F)F)N(C(=O)c2ccc(OCc3ccc(C)cc3)cc2)N1. The minimum Gasteiger partial charge on any atom is -0.489 e. The summed E-state index contributed by atoms with van der Waals surface area (Å²) in [4.78, 5) is 12.7. The summed E-state index contributed by atoms with van der Waals surface area (Å²) in [6.45, 7) is 5.51. The van der Waals surface area contributed by atoms with Crippen LogP contribution in [-0.2, 0) is 6.61 Å². The number of allylic oxidation sites excluding steroid dienone is 1. The van der Waals surface area contributed by atoms with Gasteiger partial charge >= 0.3 is 6.18 Å². The second-order valence-electron chi connectivity index (χ2n) is 7.52. The van der Waals surface area contributed by atoms with Gasteiger partial charge in [-0.15, -0.1) is 0 Å². The molecule has 0 bridgehead atoms. The molecule has 0 aliphatic carbocycles. The fraction of sp³-hybridized carbons (Fsp3) is 0.318. The number of carbonyl (C=O) groups excluding carboxylic acids is 1. The first kappa shape index (κ1) is 21.7. The van der Waals surface area contributed by atoms with Gasteiger partial charge in [-0.25, -0.2) is 5.01 Å². The Morgan fingerprint density at radius 1 is 1.13 bits per heavy atom. The summed E-state index contributed by atoms with van der Waals surface area (Å²) in [5, 5.41) is 10.5. The summed E-state index contributed by atoms with van der Waals surface area (Å²) >= 11 is 0. The maximum absolute atomic E-state index is 13.5. The van der Waals surface area contributed by atoms with E-state index in [2.05, 4.69) is 5.43 Å². The predicted octanol–water partition coefficient (Wildman–Crippen LogP) is 4.47. The van der Waals surface area contributed by atoms with Crippen LogP contribution in [0.25, 0.3) is 0 Å². The maximum Gasteiger partial charge on any atom is 0.438 e. The monoisotopic (exact) mass is 420 g/mol. The molecule has 0 saturated carbocycles. The van der Waals surface area contributed by atoms with Gasteiger partial charge in [0.05, 0.1) is 0 Å². The van der Waals surface area contributed by atoms with Gasteiger partial charge in [0.2, 0.25) is 0 Å². The van der Waals surface area contributed by atoms with Crippen LogP contribution >= 0.6 is 0 Å². The molecule has 2 N–H and O–H groups in total. The molecule has 8 heteroatoms. The number of aryl methyl sites for hydroxylation is 1. The van der Waals surface area contributed by atoms with Gasteiger partial charge < -0.3 is 9.84 Å². The number of hydrogen-bond acceptors (Lipinski definition) is 4. The number of amides is 1. The van der Waals surface area contributed by atoms with E-state index in [1.807, 2.05) is 31.2 Å². The Kier molecular flexibility index (Phi) is 5.81. The van der Waals surface area contributed by atoms with Gasteiger partial charge in [0.1, 0.15) is 12.4 Å². The molecule has 1 amide bonds. The number of halogens is 3. The second-order valence-corrected chi connectivity index (χ2v) is 7.52. The molecule has 1 fully saturated rings. The summed E-state index contributed by atoms with van der Waals surface area (Å²) in [6.07, 6.45) is -5.77. The van der Waals surface area contributed by atoms with Crippen molar-refractivity contribution in [3.63, 3.8) is 0 Å². The first-order valence-corrected chi connectivity index (χ1v) is 9.36. The van der Waals surface area contributed by atoms with Crippen molar-refractivity contribution in [2.45, 2.75) is 45.7 Å². The van der Waals surface area contributed by atoms with Gasteiger partial charge in [0.15, 0.2) is 0 Å². The van der Waals surface area contributed by atoms with Crippen molar-refractivity contribution in [2.75, 3.05) is 0 Å². The van der Waals surface area contributed by atoms with Crippen LogP contribution < -0.4 is 10.2 Å².